The smallest absolute Gasteiger partial charge is 0.177 e. The van der Waals surface area contributed by atoms with E-state index >= 15 is 0 Å². The van der Waals surface area contributed by atoms with Gasteiger partial charge in [-0.05, 0) is 18.2 Å². The monoisotopic (exact) mass is 239 g/mol. The maximum Gasteiger partial charge on any atom is 0.177 e. The van der Waals surface area contributed by atoms with Crippen molar-refractivity contribution in [3.8, 4) is 0 Å². The highest BCUT2D eigenvalue weighted by molar-refractivity contribution is 6.35. The predicted octanol–water partition coefficient (Wildman–Crippen LogP) is 2.56. The van der Waals surface area contributed by atoms with Gasteiger partial charge in [-0.1, -0.05) is 23.2 Å². The number of hydrogen-bond donors (Lipinski definition) is 1. The summed E-state index contributed by atoms with van der Waals surface area (Å²) in [6.07, 6.45) is 0. The highest BCUT2D eigenvalue weighted by atomic mass is 35.5. The van der Waals surface area contributed by atoms with Crippen LogP contribution in [-0.4, -0.2) is 12.3 Å². The summed E-state index contributed by atoms with van der Waals surface area (Å²) in [4.78, 5) is 11.1. The van der Waals surface area contributed by atoms with Crippen molar-refractivity contribution >= 4 is 41.4 Å². The molecule has 0 saturated heterocycles. The Kier molecular flexibility index (Phi) is 5.33. The lowest BCUT2D eigenvalue weighted by molar-refractivity contribution is 0.100. The van der Waals surface area contributed by atoms with Crippen LogP contribution in [0.25, 0.3) is 0 Å². The number of hydrogen-bond acceptors (Lipinski definition) is 2. The minimum atomic E-state index is -0.206. The molecule has 1 aromatic rings. The Morgan fingerprint density at radius 1 is 1.38 bits per heavy atom. The van der Waals surface area contributed by atoms with Gasteiger partial charge in [-0.3, -0.25) is 4.79 Å². The molecule has 0 fully saturated rings. The van der Waals surface area contributed by atoms with Gasteiger partial charge in [0.25, 0.3) is 0 Å². The summed E-state index contributed by atoms with van der Waals surface area (Å²) in [5, 5.41) is 0.867. The third-order valence-electron chi connectivity index (χ3n) is 1.41. The predicted molar refractivity (Wildman–Crippen MR) is 57.1 cm³/mol. The molecule has 0 aliphatic carbocycles. The molecule has 0 amide bonds. The van der Waals surface area contributed by atoms with Gasteiger partial charge in [-0.15, -0.1) is 12.4 Å². The average Bonchev–Trinajstić information content (AvgIpc) is 2.08. The highest BCUT2D eigenvalue weighted by Crippen LogP contribution is 2.20. The summed E-state index contributed by atoms with van der Waals surface area (Å²) in [6, 6.07) is 4.71. The Balaban J connectivity index is 0.00000144. The van der Waals surface area contributed by atoms with Crippen LogP contribution in [0, 0.1) is 0 Å². The second-order valence-electron chi connectivity index (χ2n) is 2.25. The first-order chi connectivity index (χ1) is 5.65. The molecule has 0 bridgehead atoms. The number of benzene rings is 1. The number of halogens is 3. The third kappa shape index (κ3) is 3.16. The highest BCUT2D eigenvalue weighted by Gasteiger charge is 2.08. The average molecular weight is 241 g/mol. The van der Waals surface area contributed by atoms with Crippen LogP contribution in [0.1, 0.15) is 10.4 Å². The number of carbonyl (C=O) groups excluding carboxylic acids is 1. The van der Waals surface area contributed by atoms with E-state index in [0.29, 0.717) is 15.6 Å². The molecule has 72 valence electrons. The van der Waals surface area contributed by atoms with Gasteiger partial charge in [-0.25, -0.2) is 0 Å². The van der Waals surface area contributed by atoms with E-state index in [1.807, 2.05) is 0 Å². The van der Waals surface area contributed by atoms with E-state index in [2.05, 4.69) is 0 Å². The standard InChI is InChI=1S/C8H7Cl2NO.ClH/c9-5-1-2-7(10)6(3-5)8(12)4-11;/h1-3H,4,11H2;1H. The molecule has 0 aliphatic rings. The van der Waals surface area contributed by atoms with Crippen molar-refractivity contribution in [2.24, 2.45) is 5.73 Å². The molecule has 2 N–H and O–H groups in total. The summed E-state index contributed by atoms with van der Waals surface area (Å²) in [6.45, 7) is -0.0555. The third-order valence-corrected chi connectivity index (χ3v) is 1.98. The van der Waals surface area contributed by atoms with E-state index in [4.69, 9.17) is 28.9 Å². The van der Waals surface area contributed by atoms with Crippen LogP contribution >= 0.6 is 35.6 Å². The zero-order valence-corrected chi connectivity index (χ0v) is 8.92. The summed E-state index contributed by atoms with van der Waals surface area (Å²) in [7, 11) is 0. The molecular weight excluding hydrogens is 232 g/mol. The van der Waals surface area contributed by atoms with Gasteiger partial charge >= 0.3 is 0 Å². The quantitative estimate of drug-likeness (QED) is 0.808. The topological polar surface area (TPSA) is 43.1 Å². The number of nitrogens with two attached hydrogens (primary N) is 1. The van der Waals surface area contributed by atoms with Gasteiger partial charge in [0.15, 0.2) is 5.78 Å². The molecular formula is C8H8Cl3NO. The van der Waals surface area contributed by atoms with Crippen LogP contribution in [-0.2, 0) is 0 Å². The first-order valence-corrected chi connectivity index (χ1v) is 4.09. The van der Waals surface area contributed by atoms with Crippen LogP contribution in [0.3, 0.4) is 0 Å². The van der Waals surface area contributed by atoms with Crippen molar-refractivity contribution in [3.05, 3.63) is 33.8 Å². The van der Waals surface area contributed by atoms with Crippen LogP contribution < -0.4 is 5.73 Å². The first kappa shape index (κ1) is 12.7. The van der Waals surface area contributed by atoms with E-state index in [0.717, 1.165) is 0 Å². The zero-order valence-electron chi connectivity index (χ0n) is 6.59. The molecule has 0 unspecified atom stereocenters. The lowest BCUT2D eigenvalue weighted by Gasteiger charge is -2.00. The van der Waals surface area contributed by atoms with Crippen molar-refractivity contribution < 1.29 is 4.79 Å². The summed E-state index contributed by atoms with van der Waals surface area (Å²) in [5.41, 5.74) is 5.55. The van der Waals surface area contributed by atoms with Gasteiger partial charge in [0.1, 0.15) is 0 Å². The largest absolute Gasteiger partial charge is 0.324 e. The minimum Gasteiger partial charge on any atom is -0.324 e. The Labute approximate surface area is 92.4 Å². The molecule has 0 radical (unpaired) electrons. The fourth-order valence-corrected chi connectivity index (χ4v) is 1.22. The van der Waals surface area contributed by atoms with Crippen molar-refractivity contribution in [2.75, 3.05) is 6.54 Å². The maximum atomic E-state index is 11.1. The fraction of sp³-hybridized carbons (Fsp3) is 0.125. The number of Topliss-reactive ketones (excluding diaryl/α,β-unsaturated/α-hetero) is 1. The van der Waals surface area contributed by atoms with Crippen LogP contribution in [0.5, 0.6) is 0 Å². The van der Waals surface area contributed by atoms with E-state index < -0.39 is 0 Å². The fourth-order valence-electron chi connectivity index (χ4n) is 0.821. The molecule has 0 heterocycles. The van der Waals surface area contributed by atoms with Gasteiger partial charge < -0.3 is 5.73 Å². The number of ketones is 1. The van der Waals surface area contributed by atoms with Crippen molar-refractivity contribution in [3.63, 3.8) is 0 Å². The Bertz CT molecular complexity index is 314. The zero-order chi connectivity index (χ0) is 9.14. The second-order valence-corrected chi connectivity index (χ2v) is 3.10. The second kappa shape index (κ2) is 5.45. The van der Waals surface area contributed by atoms with E-state index in [-0.39, 0.29) is 24.7 Å². The van der Waals surface area contributed by atoms with Crippen molar-refractivity contribution in [1.29, 1.82) is 0 Å². The first-order valence-electron chi connectivity index (χ1n) is 3.33. The van der Waals surface area contributed by atoms with Crippen LogP contribution in [0.4, 0.5) is 0 Å². The summed E-state index contributed by atoms with van der Waals surface area (Å²) in [5.74, 6) is -0.206. The van der Waals surface area contributed by atoms with Gasteiger partial charge in [-0.2, -0.15) is 0 Å². The van der Waals surface area contributed by atoms with E-state index in [9.17, 15) is 4.79 Å². The van der Waals surface area contributed by atoms with Crippen molar-refractivity contribution in [2.45, 2.75) is 0 Å². The molecule has 1 aromatic carbocycles. The number of carbonyl (C=O) groups is 1. The Morgan fingerprint density at radius 3 is 2.54 bits per heavy atom. The SMILES string of the molecule is Cl.NCC(=O)c1cc(Cl)ccc1Cl. The van der Waals surface area contributed by atoms with Gasteiger partial charge in [0.05, 0.1) is 11.6 Å². The van der Waals surface area contributed by atoms with Crippen molar-refractivity contribution in [1.82, 2.24) is 0 Å². The van der Waals surface area contributed by atoms with Gasteiger partial charge in [0.2, 0.25) is 0 Å². The maximum absolute atomic E-state index is 11.1. The normalized spacial score (nSPS) is 9.15. The summed E-state index contributed by atoms with van der Waals surface area (Å²) >= 11 is 11.4. The van der Waals surface area contributed by atoms with Crippen LogP contribution in [0.15, 0.2) is 18.2 Å². The molecule has 0 saturated carbocycles. The molecule has 2 nitrogen and oxygen atoms in total. The molecule has 1 rings (SSSR count). The molecule has 5 heteroatoms. The lowest BCUT2D eigenvalue weighted by Crippen LogP contribution is -2.13. The van der Waals surface area contributed by atoms with E-state index in [1.165, 1.54) is 6.07 Å². The Hall–Kier alpha value is -0.280. The molecule has 0 spiro atoms. The minimum absolute atomic E-state index is 0. The molecule has 0 atom stereocenters. The molecule has 0 aromatic heterocycles. The summed E-state index contributed by atoms with van der Waals surface area (Å²) < 4.78 is 0. The lowest BCUT2D eigenvalue weighted by atomic mass is 10.1. The van der Waals surface area contributed by atoms with Crippen LogP contribution in [0.2, 0.25) is 10.0 Å². The molecule has 13 heavy (non-hydrogen) atoms. The Morgan fingerprint density at radius 2 is 2.00 bits per heavy atom. The molecule has 0 aliphatic heterocycles. The van der Waals surface area contributed by atoms with E-state index in [1.54, 1.807) is 12.1 Å². The van der Waals surface area contributed by atoms with Gasteiger partial charge in [0, 0.05) is 10.6 Å². The number of rotatable bonds is 2.